The highest BCUT2D eigenvalue weighted by molar-refractivity contribution is 7.80. The van der Waals surface area contributed by atoms with E-state index in [4.69, 9.17) is 22.7 Å². The molecule has 1 aromatic rings. The number of thiocarbonyl (C=S) groups is 1. The van der Waals surface area contributed by atoms with Gasteiger partial charge in [0.2, 0.25) is 0 Å². The Bertz CT molecular complexity index is 384. The molecule has 1 aromatic carbocycles. The van der Waals surface area contributed by atoms with E-state index in [1.165, 1.54) is 12.1 Å². The Morgan fingerprint density at radius 2 is 2.31 bits per heavy atom. The van der Waals surface area contributed by atoms with Gasteiger partial charge in [-0.3, -0.25) is 0 Å². The lowest BCUT2D eigenvalue weighted by Gasteiger charge is -2.14. The SMILES string of the molecule is COC(C)CNc1ccc(F)cc1C(N)=S. The van der Waals surface area contributed by atoms with Gasteiger partial charge in [-0.05, 0) is 25.1 Å². The molecular weight excluding hydrogens is 227 g/mol. The standard InChI is InChI=1S/C11H15FN2OS/c1-7(15-2)6-14-10-4-3-8(12)5-9(10)11(13)16/h3-5,7,14H,6H2,1-2H3,(H2,13,16). The van der Waals surface area contributed by atoms with Gasteiger partial charge in [0.1, 0.15) is 10.8 Å². The molecule has 0 heterocycles. The third-order valence-electron chi connectivity index (χ3n) is 2.23. The molecule has 0 radical (unpaired) electrons. The molecule has 0 aliphatic rings. The second kappa shape index (κ2) is 5.77. The number of halogens is 1. The van der Waals surface area contributed by atoms with Crippen molar-refractivity contribution >= 4 is 22.9 Å². The molecule has 16 heavy (non-hydrogen) atoms. The van der Waals surface area contributed by atoms with Gasteiger partial charge in [-0.1, -0.05) is 12.2 Å². The van der Waals surface area contributed by atoms with Crippen molar-refractivity contribution in [1.82, 2.24) is 0 Å². The van der Waals surface area contributed by atoms with Crippen LogP contribution in [0.1, 0.15) is 12.5 Å². The maximum atomic E-state index is 13.0. The van der Waals surface area contributed by atoms with Crippen LogP contribution in [-0.2, 0) is 4.74 Å². The Hall–Kier alpha value is -1.20. The van der Waals surface area contributed by atoms with Crippen molar-refractivity contribution in [3.8, 4) is 0 Å². The van der Waals surface area contributed by atoms with E-state index in [0.717, 1.165) is 5.69 Å². The van der Waals surface area contributed by atoms with Gasteiger partial charge in [-0.15, -0.1) is 0 Å². The second-order valence-corrected chi connectivity index (χ2v) is 3.92. The van der Waals surface area contributed by atoms with E-state index in [-0.39, 0.29) is 16.9 Å². The first-order valence-corrected chi connectivity index (χ1v) is 5.31. The maximum absolute atomic E-state index is 13.0. The van der Waals surface area contributed by atoms with Crippen LogP contribution in [0.15, 0.2) is 18.2 Å². The van der Waals surface area contributed by atoms with Crippen LogP contribution in [0.4, 0.5) is 10.1 Å². The Labute approximate surface area is 99.8 Å². The minimum absolute atomic E-state index is 0.0595. The van der Waals surface area contributed by atoms with Crippen LogP contribution in [0.5, 0.6) is 0 Å². The Kier molecular flexibility index (Phi) is 4.64. The van der Waals surface area contributed by atoms with E-state index >= 15 is 0 Å². The Morgan fingerprint density at radius 3 is 2.88 bits per heavy atom. The number of hydrogen-bond acceptors (Lipinski definition) is 3. The first kappa shape index (κ1) is 12.9. The molecule has 88 valence electrons. The van der Waals surface area contributed by atoms with Gasteiger partial charge in [0, 0.05) is 24.9 Å². The summed E-state index contributed by atoms with van der Waals surface area (Å²) in [5, 5.41) is 3.11. The van der Waals surface area contributed by atoms with E-state index in [1.807, 2.05) is 6.92 Å². The summed E-state index contributed by atoms with van der Waals surface area (Å²) in [6.45, 7) is 2.54. The largest absolute Gasteiger partial charge is 0.389 e. The molecule has 3 nitrogen and oxygen atoms in total. The molecule has 1 rings (SSSR count). The van der Waals surface area contributed by atoms with E-state index in [0.29, 0.717) is 12.1 Å². The number of hydrogen-bond donors (Lipinski definition) is 2. The molecule has 0 amide bonds. The van der Waals surface area contributed by atoms with Crippen molar-refractivity contribution in [2.75, 3.05) is 19.0 Å². The maximum Gasteiger partial charge on any atom is 0.124 e. The first-order valence-electron chi connectivity index (χ1n) is 4.90. The zero-order chi connectivity index (χ0) is 12.1. The van der Waals surface area contributed by atoms with E-state index in [9.17, 15) is 4.39 Å². The predicted molar refractivity (Wildman–Crippen MR) is 67.2 cm³/mol. The molecule has 0 saturated carbocycles. The van der Waals surface area contributed by atoms with Gasteiger partial charge in [-0.2, -0.15) is 0 Å². The van der Waals surface area contributed by atoms with E-state index in [1.54, 1.807) is 13.2 Å². The molecule has 1 unspecified atom stereocenters. The van der Waals surface area contributed by atoms with Crippen molar-refractivity contribution in [2.24, 2.45) is 5.73 Å². The molecule has 3 N–H and O–H groups in total. The van der Waals surface area contributed by atoms with Crippen molar-refractivity contribution in [3.05, 3.63) is 29.6 Å². The second-order valence-electron chi connectivity index (χ2n) is 3.48. The molecule has 0 aliphatic carbocycles. The van der Waals surface area contributed by atoms with Crippen molar-refractivity contribution in [1.29, 1.82) is 0 Å². The smallest absolute Gasteiger partial charge is 0.124 e. The topological polar surface area (TPSA) is 47.3 Å². The minimum atomic E-state index is -0.354. The third kappa shape index (κ3) is 3.43. The summed E-state index contributed by atoms with van der Waals surface area (Å²) in [4.78, 5) is 0.173. The monoisotopic (exact) mass is 242 g/mol. The Balaban J connectivity index is 2.82. The van der Waals surface area contributed by atoms with Crippen LogP contribution in [0.25, 0.3) is 0 Å². The van der Waals surface area contributed by atoms with E-state index in [2.05, 4.69) is 5.32 Å². The highest BCUT2D eigenvalue weighted by Gasteiger charge is 2.07. The molecule has 0 bridgehead atoms. The zero-order valence-corrected chi connectivity index (χ0v) is 10.1. The van der Waals surface area contributed by atoms with Gasteiger partial charge in [0.25, 0.3) is 0 Å². The lowest BCUT2D eigenvalue weighted by molar-refractivity contribution is 0.129. The van der Waals surface area contributed by atoms with Crippen LogP contribution >= 0.6 is 12.2 Å². The zero-order valence-electron chi connectivity index (χ0n) is 9.29. The van der Waals surface area contributed by atoms with Gasteiger partial charge < -0.3 is 15.8 Å². The number of anilines is 1. The number of nitrogens with two attached hydrogens (primary N) is 1. The fraction of sp³-hybridized carbons (Fsp3) is 0.364. The minimum Gasteiger partial charge on any atom is -0.389 e. The van der Waals surface area contributed by atoms with Gasteiger partial charge in [-0.25, -0.2) is 4.39 Å². The quantitative estimate of drug-likeness (QED) is 0.774. The summed E-state index contributed by atoms with van der Waals surface area (Å²) in [5.74, 6) is -0.354. The van der Waals surface area contributed by atoms with Crippen molar-refractivity contribution in [2.45, 2.75) is 13.0 Å². The van der Waals surface area contributed by atoms with Gasteiger partial charge >= 0.3 is 0 Å². The molecule has 0 spiro atoms. The average Bonchev–Trinajstić information content (AvgIpc) is 2.26. The summed E-state index contributed by atoms with van der Waals surface area (Å²) in [5.41, 5.74) is 6.75. The number of benzene rings is 1. The fourth-order valence-electron chi connectivity index (χ4n) is 1.21. The molecule has 0 saturated heterocycles. The molecule has 1 atom stereocenters. The number of ether oxygens (including phenoxy) is 1. The summed E-state index contributed by atoms with van der Waals surface area (Å²) in [6.07, 6.45) is 0.0595. The van der Waals surface area contributed by atoms with Crippen LogP contribution in [-0.4, -0.2) is 24.7 Å². The summed E-state index contributed by atoms with van der Waals surface area (Å²) in [6, 6.07) is 4.30. The number of methoxy groups -OCH3 is 1. The normalized spacial score (nSPS) is 12.2. The summed E-state index contributed by atoms with van der Waals surface area (Å²) < 4.78 is 18.1. The van der Waals surface area contributed by atoms with Crippen LogP contribution < -0.4 is 11.1 Å². The lowest BCUT2D eigenvalue weighted by atomic mass is 10.1. The molecular formula is C11H15FN2OS. The molecule has 0 aliphatic heterocycles. The third-order valence-corrected chi connectivity index (χ3v) is 2.45. The van der Waals surface area contributed by atoms with Crippen LogP contribution in [0, 0.1) is 5.82 Å². The highest BCUT2D eigenvalue weighted by atomic mass is 32.1. The Morgan fingerprint density at radius 1 is 1.62 bits per heavy atom. The molecule has 0 fully saturated rings. The van der Waals surface area contributed by atoms with Crippen LogP contribution in [0.3, 0.4) is 0 Å². The average molecular weight is 242 g/mol. The molecule has 0 aromatic heterocycles. The predicted octanol–water partition coefficient (Wildman–Crippen LogP) is 1.91. The van der Waals surface area contributed by atoms with E-state index < -0.39 is 0 Å². The van der Waals surface area contributed by atoms with Crippen molar-refractivity contribution < 1.29 is 9.13 Å². The van der Waals surface area contributed by atoms with Crippen molar-refractivity contribution in [3.63, 3.8) is 0 Å². The number of nitrogens with one attached hydrogen (secondary N) is 1. The first-order chi connectivity index (χ1) is 7.54. The molecule has 5 heteroatoms. The summed E-state index contributed by atoms with van der Waals surface area (Å²) >= 11 is 4.86. The van der Waals surface area contributed by atoms with Gasteiger partial charge in [0.05, 0.1) is 6.10 Å². The summed E-state index contributed by atoms with van der Waals surface area (Å²) in [7, 11) is 1.63. The van der Waals surface area contributed by atoms with Crippen LogP contribution in [0.2, 0.25) is 0 Å². The number of rotatable bonds is 5. The fourth-order valence-corrected chi connectivity index (χ4v) is 1.38. The lowest BCUT2D eigenvalue weighted by Crippen LogP contribution is -2.20. The highest BCUT2D eigenvalue weighted by Crippen LogP contribution is 2.17. The van der Waals surface area contributed by atoms with Gasteiger partial charge in [0.15, 0.2) is 0 Å².